The SMILES string of the molecule is COc1ccc(C(C)(C)C)cc1NC(=O)COC(=O)C=Cc1cccs1. The summed E-state index contributed by atoms with van der Waals surface area (Å²) in [5.74, 6) is -0.438. The summed E-state index contributed by atoms with van der Waals surface area (Å²) in [6.45, 7) is 5.89. The standard InChI is InChI=1S/C20H23NO4S/c1-20(2,3)14-7-9-17(24-4)16(12-14)21-18(22)13-25-19(23)10-8-15-6-5-11-26-15/h5-12H,13H2,1-4H3,(H,21,22). The van der Waals surface area contributed by atoms with Gasteiger partial charge in [-0.3, -0.25) is 4.79 Å². The Morgan fingerprint density at radius 3 is 2.62 bits per heavy atom. The van der Waals surface area contributed by atoms with Crippen LogP contribution in [0.4, 0.5) is 5.69 Å². The van der Waals surface area contributed by atoms with Crippen molar-refractivity contribution in [2.75, 3.05) is 19.0 Å². The second-order valence-corrected chi connectivity index (χ2v) is 7.65. The molecule has 0 radical (unpaired) electrons. The first-order valence-corrected chi connectivity index (χ1v) is 9.04. The highest BCUT2D eigenvalue weighted by Crippen LogP contribution is 2.31. The average molecular weight is 373 g/mol. The van der Waals surface area contributed by atoms with E-state index >= 15 is 0 Å². The summed E-state index contributed by atoms with van der Waals surface area (Å²) in [5, 5.41) is 4.65. The molecule has 1 aromatic heterocycles. The number of esters is 1. The molecule has 26 heavy (non-hydrogen) atoms. The molecule has 1 N–H and O–H groups in total. The Bertz CT molecular complexity index is 789. The summed E-state index contributed by atoms with van der Waals surface area (Å²) in [6.07, 6.45) is 2.96. The van der Waals surface area contributed by atoms with Crippen molar-refractivity contribution in [2.24, 2.45) is 0 Å². The van der Waals surface area contributed by atoms with Gasteiger partial charge in [0.05, 0.1) is 12.8 Å². The number of ether oxygens (including phenoxy) is 2. The van der Waals surface area contributed by atoms with Gasteiger partial charge in [-0.2, -0.15) is 0 Å². The summed E-state index contributed by atoms with van der Waals surface area (Å²) in [7, 11) is 1.54. The maximum absolute atomic E-state index is 12.1. The number of anilines is 1. The van der Waals surface area contributed by atoms with Crippen LogP contribution < -0.4 is 10.1 Å². The molecule has 2 aromatic rings. The molecule has 2 rings (SSSR count). The zero-order chi connectivity index (χ0) is 19.2. The monoisotopic (exact) mass is 373 g/mol. The van der Waals surface area contributed by atoms with Gasteiger partial charge in [-0.25, -0.2) is 4.79 Å². The molecule has 0 aliphatic rings. The Morgan fingerprint density at radius 1 is 1.23 bits per heavy atom. The molecular weight excluding hydrogens is 350 g/mol. The molecule has 0 fully saturated rings. The van der Waals surface area contributed by atoms with Crippen molar-refractivity contribution < 1.29 is 19.1 Å². The molecule has 0 aliphatic carbocycles. The molecule has 0 bridgehead atoms. The Morgan fingerprint density at radius 2 is 2.00 bits per heavy atom. The molecule has 6 heteroatoms. The molecular formula is C20H23NO4S. The number of carbonyl (C=O) groups is 2. The topological polar surface area (TPSA) is 64.6 Å². The third-order valence-corrected chi connectivity index (χ3v) is 4.45. The Balaban J connectivity index is 1.95. The van der Waals surface area contributed by atoms with Crippen LogP contribution in [0.25, 0.3) is 6.08 Å². The molecule has 0 aliphatic heterocycles. The van der Waals surface area contributed by atoms with Gasteiger partial charge in [-0.1, -0.05) is 32.9 Å². The van der Waals surface area contributed by atoms with E-state index in [2.05, 4.69) is 26.1 Å². The molecule has 0 saturated heterocycles. The number of rotatable bonds is 6. The highest BCUT2D eigenvalue weighted by atomic mass is 32.1. The summed E-state index contributed by atoms with van der Waals surface area (Å²) >= 11 is 1.51. The third kappa shape index (κ3) is 5.74. The van der Waals surface area contributed by atoms with Gasteiger partial charge < -0.3 is 14.8 Å². The fraction of sp³-hybridized carbons (Fsp3) is 0.300. The minimum absolute atomic E-state index is 0.0647. The van der Waals surface area contributed by atoms with E-state index in [1.165, 1.54) is 24.5 Å². The zero-order valence-corrected chi connectivity index (χ0v) is 16.2. The Hall–Kier alpha value is -2.60. The molecule has 0 saturated carbocycles. The van der Waals surface area contributed by atoms with Crippen LogP contribution in [-0.4, -0.2) is 25.6 Å². The fourth-order valence-corrected chi connectivity index (χ4v) is 2.80. The lowest BCUT2D eigenvalue weighted by atomic mass is 9.87. The smallest absolute Gasteiger partial charge is 0.331 e. The molecule has 1 aromatic carbocycles. The number of hydrogen-bond donors (Lipinski definition) is 1. The number of thiophene rings is 1. The van der Waals surface area contributed by atoms with E-state index in [0.29, 0.717) is 11.4 Å². The van der Waals surface area contributed by atoms with Crippen LogP contribution in [0.5, 0.6) is 5.75 Å². The molecule has 0 atom stereocenters. The van der Waals surface area contributed by atoms with Crippen LogP contribution in [0.15, 0.2) is 41.8 Å². The van der Waals surface area contributed by atoms with Crippen molar-refractivity contribution in [1.82, 2.24) is 0 Å². The van der Waals surface area contributed by atoms with Crippen LogP contribution in [0.1, 0.15) is 31.2 Å². The highest BCUT2D eigenvalue weighted by molar-refractivity contribution is 7.10. The van der Waals surface area contributed by atoms with Crippen LogP contribution >= 0.6 is 11.3 Å². The zero-order valence-electron chi connectivity index (χ0n) is 15.4. The maximum Gasteiger partial charge on any atom is 0.331 e. The predicted octanol–water partition coefficient (Wildman–Crippen LogP) is 4.25. The second-order valence-electron chi connectivity index (χ2n) is 6.67. The summed E-state index contributed by atoms with van der Waals surface area (Å²) in [5.41, 5.74) is 1.55. The number of amides is 1. The lowest BCUT2D eigenvalue weighted by molar-refractivity contribution is -0.142. The lowest BCUT2D eigenvalue weighted by Gasteiger charge is -2.21. The van der Waals surface area contributed by atoms with Crippen molar-refractivity contribution in [2.45, 2.75) is 26.2 Å². The Kier molecular flexibility index (Phi) is 6.58. The first-order chi connectivity index (χ1) is 12.3. The molecule has 0 unspecified atom stereocenters. The maximum atomic E-state index is 12.1. The number of hydrogen-bond acceptors (Lipinski definition) is 5. The number of nitrogens with one attached hydrogen (secondary N) is 1. The first-order valence-electron chi connectivity index (χ1n) is 8.16. The van der Waals surface area contributed by atoms with E-state index in [1.54, 1.807) is 6.08 Å². The second kappa shape index (κ2) is 8.67. The van der Waals surface area contributed by atoms with Gasteiger partial charge in [0, 0.05) is 11.0 Å². The van der Waals surface area contributed by atoms with Crippen molar-refractivity contribution in [1.29, 1.82) is 0 Å². The lowest BCUT2D eigenvalue weighted by Crippen LogP contribution is -2.21. The van der Waals surface area contributed by atoms with Crippen molar-refractivity contribution in [3.63, 3.8) is 0 Å². The van der Waals surface area contributed by atoms with E-state index in [4.69, 9.17) is 9.47 Å². The molecule has 5 nitrogen and oxygen atoms in total. The normalized spacial score (nSPS) is 11.4. The number of methoxy groups -OCH3 is 1. The molecule has 1 amide bonds. The van der Waals surface area contributed by atoms with Gasteiger partial charge in [-0.15, -0.1) is 11.3 Å². The third-order valence-electron chi connectivity index (χ3n) is 3.61. The van der Waals surface area contributed by atoms with Gasteiger partial charge in [0.2, 0.25) is 0 Å². The van der Waals surface area contributed by atoms with E-state index < -0.39 is 11.9 Å². The predicted molar refractivity (Wildman–Crippen MR) is 105 cm³/mol. The summed E-state index contributed by atoms with van der Waals surface area (Å²) in [4.78, 5) is 24.7. The highest BCUT2D eigenvalue weighted by Gasteiger charge is 2.17. The number of carbonyl (C=O) groups excluding carboxylic acids is 2. The first kappa shape index (κ1) is 19.7. The van der Waals surface area contributed by atoms with Crippen molar-refractivity contribution in [3.05, 3.63) is 52.2 Å². The largest absolute Gasteiger partial charge is 0.495 e. The van der Waals surface area contributed by atoms with Crippen molar-refractivity contribution >= 4 is 35.0 Å². The van der Waals surface area contributed by atoms with E-state index in [0.717, 1.165) is 10.4 Å². The summed E-state index contributed by atoms with van der Waals surface area (Å²) in [6, 6.07) is 9.42. The van der Waals surface area contributed by atoms with E-state index in [9.17, 15) is 9.59 Å². The van der Waals surface area contributed by atoms with Gasteiger partial charge in [0.25, 0.3) is 5.91 Å². The van der Waals surface area contributed by atoms with Crippen LogP contribution in [0.2, 0.25) is 0 Å². The van der Waals surface area contributed by atoms with Gasteiger partial charge >= 0.3 is 5.97 Å². The molecule has 0 spiro atoms. The van der Waals surface area contributed by atoms with E-state index in [1.807, 2.05) is 35.7 Å². The average Bonchev–Trinajstić information content (AvgIpc) is 3.11. The minimum atomic E-state index is -0.566. The van der Waals surface area contributed by atoms with Gasteiger partial charge in [0.1, 0.15) is 5.75 Å². The summed E-state index contributed by atoms with van der Waals surface area (Å²) < 4.78 is 10.3. The fourth-order valence-electron chi connectivity index (χ4n) is 2.18. The van der Waals surface area contributed by atoms with Gasteiger partial charge in [0.15, 0.2) is 6.61 Å². The number of benzene rings is 1. The van der Waals surface area contributed by atoms with Gasteiger partial charge in [-0.05, 0) is 40.6 Å². The van der Waals surface area contributed by atoms with Crippen LogP contribution in [-0.2, 0) is 19.7 Å². The van der Waals surface area contributed by atoms with Crippen molar-refractivity contribution in [3.8, 4) is 5.75 Å². The Labute approximate surface area is 157 Å². The van der Waals surface area contributed by atoms with Crippen LogP contribution in [0.3, 0.4) is 0 Å². The van der Waals surface area contributed by atoms with E-state index in [-0.39, 0.29) is 12.0 Å². The van der Waals surface area contributed by atoms with Crippen LogP contribution in [0, 0.1) is 0 Å². The minimum Gasteiger partial charge on any atom is -0.495 e. The molecule has 138 valence electrons. The molecule has 1 heterocycles. The quantitative estimate of drug-likeness (QED) is 0.607.